The summed E-state index contributed by atoms with van der Waals surface area (Å²) in [5, 5.41) is 10.9. The number of amides is 1. The zero-order chi connectivity index (χ0) is 23.1. The van der Waals surface area contributed by atoms with Gasteiger partial charge in [-0.1, -0.05) is 53.2 Å². The molecule has 5 rings (SSSR count). The van der Waals surface area contributed by atoms with Gasteiger partial charge in [-0.05, 0) is 56.0 Å². The van der Waals surface area contributed by atoms with E-state index in [9.17, 15) is 4.79 Å². The third kappa shape index (κ3) is 4.43. The van der Waals surface area contributed by atoms with Crippen LogP contribution in [0.4, 0.5) is 5.69 Å². The molecular weight excluding hydrogens is 456 g/mol. The van der Waals surface area contributed by atoms with E-state index in [0.717, 1.165) is 17.2 Å². The van der Waals surface area contributed by atoms with E-state index in [-0.39, 0.29) is 29.9 Å². The molecule has 0 aromatic heterocycles. The second-order valence-corrected chi connectivity index (χ2v) is 10.1. The van der Waals surface area contributed by atoms with E-state index in [0.29, 0.717) is 10.7 Å². The van der Waals surface area contributed by atoms with E-state index in [1.54, 1.807) is 0 Å². The summed E-state index contributed by atoms with van der Waals surface area (Å²) >= 11 is 7.64. The van der Waals surface area contributed by atoms with Gasteiger partial charge < -0.3 is 15.2 Å². The number of fused-ring (bicyclic) bond motifs is 3. The molecule has 3 heterocycles. The number of aryl methyl sites for hydroxylation is 3. The number of nitrogens with zero attached hydrogens (tertiary/aromatic N) is 3. The van der Waals surface area contributed by atoms with Crippen molar-refractivity contribution in [1.29, 1.82) is 0 Å². The number of benzene rings is 2. The number of hydrazine groups is 1. The molecule has 2 aromatic carbocycles. The van der Waals surface area contributed by atoms with Gasteiger partial charge in [0.15, 0.2) is 5.17 Å². The number of carbonyl (C=O) groups excluding carboxylic acids is 1. The van der Waals surface area contributed by atoms with Crippen molar-refractivity contribution in [1.82, 2.24) is 20.8 Å². The first-order chi connectivity index (χ1) is 15.9. The van der Waals surface area contributed by atoms with Crippen LogP contribution in [0.25, 0.3) is 0 Å². The van der Waals surface area contributed by atoms with E-state index in [2.05, 4.69) is 69.4 Å². The van der Waals surface area contributed by atoms with Crippen molar-refractivity contribution in [2.45, 2.75) is 45.4 Å². The molecule has 0 saturated carbocycles. The summed E-state index contributed by atoms with van der Waals surface area (Å²) in [6.45, 7) is 6.26. The second-order valence-electron chi connectivity index (χ2n) is 8.75. The maximum atomic E-state index is 12.5. The van der Waals surface area contributed by atoms with Gasteiger partial charge in [0.25, 0.3) is 0 Å². The van der Waals surface area contributed by atoms with Crippen LogP contribution in [0, 0.1) is 20.8 Å². The van der Waals surface area contributed by atoms with Crippen LogP contribution in [0.5, 0.6) is 0 Å². The van der Waals surface area contributed by atoms with Crippen LogP contribution in [0.3, 0.4) is 0 Å². The van der Waals surface area contributed by atoms with Crippen LogP contribution in [-0.4, -0.2) is 38.9 Å². The molecule has 1 saturated heterocycles. The van der Waals surface area contributed by atoms with Crippen molar-refractivity contribution in [2.75, 3.05) is 11.1 Å². The maximum Gasteiger partial charge on any atom is 0.234 e. The molecule has 3 aliphatic rings. The minimum atomic E-state index is -0.114. The molecule has 0 bridgehead atoms. The van der Waals surface area contributed by atoms with Crippen molar-refractivity contribution >= 4 is 40.1 Å². The highest BCUT2D eigenvalue weighted by Gasteiger charge is 2.44. The number of thioether (sulfide) groups is 1. The van der Waals surface area contributed by atoms with Gasteiger partial charge >= 0.3 is 0 Å². The Morgan fingerprint density at radius 1 is 1.18 bits per heavy atom. The molecule has 3 aliphatic heterocycles. The number of hydrogen-bond donors (Lipinski definition) is 3. The molecule has 3 unspecified atom stereocenters. The molecule has 7 nitrogen and oxygen atoms in total. The summed E-state index contributed by atoms with van der Waals surface area (Å²) < 4.78 is 0. The first kappa shape index (κ1) is 22.1. The smallest absolute Gasteiger partial charge is 0.234 e. The number of hydrazone groups is 1. The predicted octanol–water partition coefficient (Wildman–Crippen LogP) is 4.24. The fourth-order valence-electron chi connectivity index (χ4n) is 4.53. The lowest BCUT2D eigenvalue weighted by Gasteiger charge is -2.36. The fourth-order valence-corrected chi connectivity index (χ4v) is 5.58. The van der Waals surface area contributed by atoms with Crippen LogP contribution in [-0.2, 0) is 4.79 Å². The van der Waals surface area contributed by atoms with Crippen LogP contribution in [0.2, 0.25) is 5.02 Å². The Bertz CT molecular complexity index is 1150. The Kier molecular flexibility index (Phi) is 5.99. The van der Waals surface area contributed by atoms with Crippen LogP contribution in [0.15, 0.2) is 53.9 Å². The first-order valence-electron chi connectivity index (χ1n) is 11.0. The van der Waals surface area contributed by atoms with Crippen molar-refractivity contribution in [3.05, 3.63) is 76.1 Å². The van der Waals surface area contributed by atoms with Gasteiger partial charge in [0, 0.05) is 12.4 Å². The van der Waals surface area contributed by atoms with Crippen molar-refractivity contribution in [3.8, 4) is 0 Å². The zero-order valence-electron chi connectivity index (χ0n) is 18.8. The van der Waals surface area contributed by atoms with E-state index < -0.39 is 0 Å². The SMILES string of the molecule is Cc1ccc(NC(=O)CSC2=NNC3C4CC(c5cc(C)ccc5C)NN4C=CN23)c(Cl)c1. The van der Waals surface area contributed by atoms with Gasteiger partial charge in [-0.25, -0.2) is 5.43 Å². The molecule has 172 valence electrons. The highest BCUT2D eigenvalue weighted by molar-refractivity contribution is 8.14. The Morgan fingerprint density at radius 2 is 1.97 bits per heavy atom. The number of amidine groups is 1. The number of carbonyl (C=O) groups is 1. The molecule has 1 amide bonds. The average Bonchev–Trinajstić information content (AvgIpc) is 3.39. The van der Waals surface area contributed by atoms with Gasteiger partial charge in [-0.15, -0.1) is 0 Å². The molecule has 33 heavy (non-hydrogen) atoms. The summed E-state index contributed by atoms with van der Waals surface area (Å²) in [4.78, 5) is 14.6. The largest absolute Gasteiger partial charge is 0.324 e. The Labute approximate surface area is 203 Å². The molecule has 0 spiro atoms. The minimum Gasteiger partial charge on any atom is -0.324 e. The minimum absolute atomic E-state index is 0.0229. The van der Waals surface area contributed by atoms with E-state index >= 15 is 0 Å². The normalized spacial score (nSPS) is 23.2. The van der Waals surface area contributed by atoms with Crippen LogP contribution in [0.1, 0.15) is 34.7 Å². The molecule has 3 N–H and O–H groups in total. The summed E-state index contributed by atoms with van der Waals surface area (Å²) in [6, 6.07) is 12.7. The summed E-state index contributed by atoms with van der Waals surface area (Å²) in [6.07, 6.45) is 5.06. The zero-order valence-corrected chi connectivity index (χ0v) is 20.4. The van der Waals surface area contributed by atoms with Crippen molar-refractivity contribution in [3.63, 3.8) is 0 Å². The number of hydrogen-bond acceptors (Lipinski definition) is 7. The predicted molar refractivity (Wildman–Crippen MR) is 135 cm³/mol. The quantitative estimate of drug-likeness (QED) is 0.605. The Hall–Kier alpha value is -2.68. The van der Waals surface area contributed by atoms with E-state index in [1.807, 2.05) is 31.3 Å². The van der Waals surface area contributed by atoms with E-state index in [4.69, 9.17) is 11.6 Å². The third-order valence-electron chi connectivity index (χ3n) is 6.25. The lowest BCUT2D eigenvalue weighted by molar-refractivity contribution is -0.113. The van der Waals surface area contributed by atoms with Crippen molar-refractivity contribution < 1.29 is 4.79 Å². The Balaban J connectivity index is 1.20. The fraction of sp³-hybridized carbons (Fsp3) is 0.333. The molecule has 2 aromatic rings. The van der Waals surface area contributed by atoms with Gasteiger partial charge in [0.05, 0.1) is 28.5 Å². The van der Waals surface area contributed by atoms with E-state index in [1.165, 1.54) is 28.5 Å². The molecule has 1 fully saturated rings. The van der Waals surface area contributed by atoms with Crippen molar-refractivity contribution in [2.24, 2.45) is 5.10 Å². The number of rotatable bonds is 4. The van der Waals surface area contributed by atoms with Gasteiger partial charge in [-0.3, -0.25) is 10.2 Å². The molecule has 0 radical (unpaired) electrons. The first-order valence-corrected chi connectivity index (χ1v) is 12.4. The maximum absolute atomic E-state index is 12.5. The van der Waals surface area contributed by atoms with Gasteiger partial charge in [0.2, 0.25) is 5.91 Å². The molecular formula is C24H27ClN6OS. The monoisotopic (exact) mass is 482 g/mol. The second kappa shape index (κ2) is 8.93. The topological polar surface area (TPSA) is 72.0 Å². The number of anilines is 1. The Morgan fingerprint density at radius 3 is 2.79 bits per heavy atom. The summed E-state index contributed by atoms with van der Waals surface area (Å²) in [7, 11) is 0. The van der Waals surface area contributed by atoms with Gasteiger partial charge in [0.1, 0.15) is 6.17 Å². The average molecular weight is 483 g/mol. The van der Waals surface area contributed by atoms with Crippen LogP contribution < -0.4 is 16.2 Å². The lowest BCUT2D eigenvalue weighted by atomic mass is 9.95. The molecule has 9 heteroatoms. The molecule has 0 aliphatic carbocycles. The highest BCUT2D eigenvalue weighted by Crippen LogP contribution is 2.36. The standard InChI is InChI=1S/C24H27ClN6OS/c1-14-4-6-16(3)17(10-14)20-12-21-23-27-28-24(30(23)8-9-31(21)29-20)33-13-22(32)26-19-7-5-15(2)11-18(19)25/h4-11,20-21,23,27,29H,12-13H2,1-3H3,(H,26,32). The molecule has 3 atom stereocenters. The lowest BCUT2D eigenvalue weighted by Crippen LogP contribution is -2.54. The third-order valence-corrected chi connectivity index (χ3v) is 7.53. The summed E-state index contributed by atoms with van der Waals surface area (Å²) in [5.41, 5.74) is 12.5. The van der Waals surface area contributed by atoms with Crippen LogP contribution >= 0.6 is 23.4 Å². The number of nitrogens with one attached hydrogen (secondary N) is 3. The van der Waals surface area contributed by atoms with Gasteiger partial charge in [-0.2, -0.15) is 5.10 Å². The number of halogens is 1. The summed E-state index contributed by atoms with van der Waals surface area (Å²) in [5.74, 6) is 0.136. The highest BCUT2D eigenvalue weighted by atomic mass is 35.5.